The van der Waals surface area contributed by atoms with E-state index in [0.29, 0.717) is 0 Å². The van der Waals surface area contributed by atoms with Crippen LogP contribution in [0.1, 0.15) is 13.8 Å². The van der Waals surface area contributed by atoms with E-state index >= 15 is 0 Å². The third-order valence-electron chi connectivity index (χ3n) is 2.65. The van der Waals surface area contributed by atoms with Crippen LogP contribution in [0.15, 0.2) is 6.33 Å². The van der Waals surface area contributed by atoms with E-state index in [0.717, 1.165) is 6.54 Å². The maximum absolute atomic E-state index is 11.0. The highest BCUT2D eigenvalue weighted by atomic mass is 35.5. The van der Waals surface area contributed by atoms with Gasteiger partial charge in [-0.1, -0.05) is 25.4 Å². The molecule has 0 radical (unpaired) electrons. The van der Waals surface area contributed by atoms with E-state index in [2.05, 4.69) is 15.3 Å². The summed E-state index contributed by atoms with van der Waals surface area (Å²) in [5, 5.41) is 13.9. The van der Waals surface area contributed by atoms with E-state index in [1.54, 1.807) is 0 Å². The Balaban J connectivity index is 3.02. The first kappa shape index (κ1) is 15.6. The summed E-state index contributed by atoms with van der Waals surface area (Å²) in [5.74, 6) is 0.446. The fourth-order valence-electron chi connectivity index (χ4n) is 1.62. The number of rotatable bonds is 6. The summed E-state index contributed by atoms with van der Waals surface area (Å²) in [7, 11) is 3.89. The van der Waals surface area contributed by atoms with Gasteiger partial charge in [0, 0.05) is 12.6 Å². The lowest BCUT2D eigenvalue weighted by atomic mass is 10.0. The van der Waals surface area contributed by atoms with Crippen molar-refractivity contribution in [3.8, 4) is 0 Å². The number of aromatic nitrogens is 2. The van der Waals surface area contributed by atoms with Crippen LogP contribution in [0.5, 0.6) is 0 Å². The summed E-state index contributed by atoms with van der Waals surface area (Å²) in [4.78, 5) is 20.0. The minimum atomic E-state index is -0.572. The Morgan fingerprint density at radius 2 is 2.11 bits per heavy atom. The van der Waals surface area contributed by atoms with Crippen LogP contribution in [-0.4, -0.2) is 46.5 Å². The monoisotopic (exact) mass is 287 g/mol. The lowest BCUT2D eigenvalue weighted by molar-refractivity contribution is -0.384. The zero-order valence-electron chi connectivity index (χ0n) is 11.4. The molecule has 0 aliphatic heterocycles. The molecule has 8 heteroatoms. The number of nitro groups is 1. The maximum atomic E-state index is 11.0. The van der Waals surface area contributed by atoms with Crippen LogP contribution in [0, 0.1) is 16.0 Å². The van der Waals surface area contributed by atoms with Crippen LogP contribution in [0.25, 0.3) is 0 Å². The molecule has 0 saturated heterocycles. The van der Waals surface area contributed by atoms with Crippen LogP contribution in [0.2, 0.25) is 5.15 Å². The van der Waals surface area contributed by atoms with Crippen LogP contribution in [0.3, 0.4) is 0 Å². The van der Waals surface area contributed by atoms with E-state index in [1.807, 2.05) is 32.8 Å². The quantitative estimate of drug-likeness (QED) is 0.490. The summed E-state index contributed by atoms with van der Waals surface area (Å²) in [6.07, 6.45) is 1.21. The summed E-state index contributed by atoms with van der Waals surface area (Å²) < 4.78 is 0. The molecule has 0 amide bonds. The van der Waals surface area contributed by atoms with Gasteiger partial charge in [-0.2, -0.15) is 0 Å². The second kappa shape index (κ2) is 6.63. The van der Waals surface area contributed by atoms with Gasteiger partial charge < -0.3 is 10.2 Å². The lowest BCUT2D eigenvalue weighted by Crippen LogP contribution is -2.36. The Morgan fingerprint density at radius 1 is 1.47 bits per heavy atom. The highest BCUT2D eigenvalue weighted by molar-refractivity contribution is 6.31. The summed E-state index contributed by atoms with van der Waals surface area (Å²) in [5.41, 5.74) is -0.284. The molecule has 7 nitrogen and oxygen atoms in total. The van der Waals surface area contributed by atoms with E-state index in [1.165, 1.54) is 6.33 Å². The van der Waals surface area contributed by atoms with E-state index < -0.39 is 4.92 Å². The van der Waals surface area contributed by atoms with Gasteiger partial charge >= 0.3 is 5.69 Å². The van der Waals surface area contributed by atoms with Crippen molar-refractivity contribution in [2.75, 3.05) is 26.0 Å². The standard InChI is InChI=1S/C11H18ClN5O2/c1-7(2)8(5-16(3)4)15-11-9(17(18)19)10(12)13-6-14-11/h6-8H,5H2,1-4H3,(H,13,14,15). The van der Waals surface area contributed by atoms with Crippen LogP contribution in [0.4, 0.5) is 11.5 Å². The van der Waals surface area contributed by atoms with Crippen molar-refractivity contribution in [1.29, 1.82) is 0 Å². The molecule has 106 valence electrons. The van der Waals surface area contributed by atoms with Crippen molar-refractivity contribution in [3.63, 3.8) is 0 Å². The average molecular weight is 288 g/mol. The minimum Gasteiger partial charge on any atom is -0.360 e. The Kier molecular flexibility index (Phi) is 5.44. The summed E-state index contributed by atoms with van der Waals surface area (Å²) in [6, 6.07) is 0.0275. The fourth-order valence-corrected chi connectivity index (χ4v) is 1.82. The molecule has 0 saturated carbocycles. The lowest BCUT2D eigenvalue weighted by Gasteiger charge is -2.25. The SMILES string of the molecule is CC(C)C(CN(C)C)Nc1ncnc(Cl)c1[N+](=O)[O-]. The summed E-state index contributed by atoms with van der Waals surface area (Å²) in [6.45, 7) is 4.81. The topological polar surface area (TPSA) is 84.2 Å². The highest BCUT2D eigenvalue weighted by Crippen LogP contribution is 2.29. The minimum absolute atomic E-state index is 0.0275. The third kappa shape index (κ3) is 4.29. The van der Waals surface area contributed by atoms with E-state index in [9.17, 15) is 10.1 Å². The van der Waals surface area contributed by atoms with Crippen molar-refractivity contribution in [2.45, 2.75) is 19.9 Å². The number of halogens is 1. The van der Waals surface area contributed by atoms with Gasteiger partial charge in [0.2, 0.25) is 11.0 Å². The molecule has 1 N–H and O–H groups in total. The van der Waals surface area contributed by atoms with Gasteiger partial charge in [0.15, 0.2) is 0 Å². The number of likely N-dealkylation sites (N-methyl/N-ethyl adjacent to an activating group) is 1. The van der Waals surface area contributed by atoms with Gasteiger partial charge in [0.05, 0.1) is 4.92 Å². The average Bonchev–Trinajstić information content (AvgIpc) is 2.26. The molecule has 0 bridgehead atoms. The van der Waals surface area contributed by atoms with Gasteiger partial charge in [-0.25, -0.2) is 9.97 Å². The second-order valence-corrected chi connectivity index (χ2v) is 5.23. The second-order valence-electron chi connectivity index (χ2n) is 4.88. The molecule has 0 aliphatic carbocycles. The van der Waals surface area contributed by atoms with Gasteiger partial charge in [-0.3, -0.25) is 10.1 Å². The van der Waals surface area contributed by atoms with Crippen LogP contribution >= 0.6 is 11.6 Å². The normalized spacial score (nSPS) is 12.8. The Labute approximate surface area is 117 Å². The van der Waals surface area contributed by atoms with Crippen molar-refractivity contribution >= 4 is 23.1 Å². The zero-order valence-corrected chi connectivity index (χ0v) is 12.2. The summed E-state index contributed by atoms with van der Waals surface area (Å²) >= 11 is 5.75. The van der Waals surface area contributed by atoms with Crippen LogP contribution in [-0.2, 0) is 0 Å². The van der Waals surface area contributed by atoms with Crippen molar-refractivity contribution in [1.82, 2.24) is 14.9 Å². The van der Waals surface area contributed by atoms with Crippen molar-refractivity contribution in [3.05, 3.63) is 21.6 Å². The molecule has 1 aromatic rings. The molecule has 1 unspecified atom stereocenters. The predicted molar refractivity (Wildman–Crippen MR) is 74.5 cm³/mol. The van der Waals surface area contributed by atoms with Crippen LogP contribution < -0.4 is 5.32 Å². The maximum Gasteiger partial charge on any atom is 0.348 e. The molecule has 0 spiro atoms. The van der Waals surface area contributed by atoms with E-state index in [4.69, 9.17) is 11.6 Å². The highest BCUT2D eigenvalue weighted by Gasteiger charge is 2.24. The number of hydrogen-bond acceptors (Lipinski definition) is 6. The third-order valence-corrected chi connectivity index (χ3v) is 2.93. The molecule has 1 aromatic heterocycles. The molecule has 0 aromatic carbocycles. The number of nitrogens with one attached hydrogen (secondary N) is 1. The molecule has 0 fully saturated rings. The van der Waals surface area contributed by atoms with Gasteiger partial charge in [0.25, 0.3) is 0 Å². The number of anilines is 1. The molecule has 1 atom stereocenters. The van der Waals surface area contributed by atoms with Gasteiger partial charge in [-0.15, -0.1) is 0 Å². The first-order valence-corrected chi connectivity index (χ1v) is 6.26. The first-order valence-electron chi connectivity index (χ1n) is 5.89. The molecular formula is C11H18ClN5O2. The Hall–Kier alpha value is -1.47. The smallest absolute Gasteiger partial charge is 0.348 e. The van der Waals surface area contributed by atoms with Gasteiger partial charge in [-0.05, 0) is 20.0 Å². The molecule has 1 heterocycles. The fraction of sp³-hybridized carbons (Fsp3) is 0.636. The zero-order chi connectivity index (χ0) is 14.6. The number of nitrogens with zero attached hydrogens (tertiary/aromatic N) is 4. The van der Waals surface area contributed by atoms with E-state index in [-0.39, 0.29) is 28.6 Å². The molecule has 0 aliphatic rings. The largest absolute Gasteiger partial charge is 0.360 e. The number of hydrogen-bond donors (Lipinski definition) is 1. The predicted octanol–water partition coefficient (Wildman–Crippen LogP) is 2.04. The van der Waals surface area contributed by atoms with Crippen molar-refractivity contribution < 1.29 is 4.92 Å². The molecule has 1 rings (SSSR count). The van der Waals surface area contributed by atoms with Crippen molar-refractivity contribution in [2.24, 2.45) is 5.92 Å². The Morgan fingerprint density at radius 3 is 2.58 bits per heavy atom. The van der Waals surface area contributed by atoms with Gasteiger partial charge in [0.1, 0.15) is 6.33 Å². The molecule has 19 heavy (non-hydrogen) atoms. The molecular weight excluding hydrogens is 270 g/mol. The first-order chi connectivity index (χ1) is 8.82. The Bertz CT molecular complexity index is 453.